The van der Waals surface area contributed by atoms with Crippen LogP contribution in [0.25, 0.3) is 0 Å². The molecule has 1 aromatic carbocycles. The first-order valence-electron chi connectivity index (χ1n) is 9.42. The fourth-order valence-electron chi connectivity index (χ4n) is 2.97. The lowest BCUT2D eigenvalue weighted by atomic mass is 9.74. The summed E-state index contributed by atoms with van der Waals surface area (Å²) in [6.45, 7) is 8.81. The van der Waals surface area contributed by atoms with Crippen LogP contribution in [-0.4, -0.2) is 26.5 Å². The average molecular weight is 453 g/mol. The Hall–Kier alpha value is -2.62. The summed E-state index contributed by atoms with van der Waals surface area (Å²) in [6.07, 6.45) is -7.05. The van der Waals surface area contributed by atoms with Gasteiger partial charge in [0.15, 0.2) is 14.1 Å². The number of halogens is 5. The molecule has 0 aromatic heterocycles. The normalized spacial score (nSPS) is 20.4. The smallest absolute Gasteiger partial charge is 0.421 e. The second-order valence-corrected chi connectivity index (χ2v) is 13.6. The van der Waals surface area contributed by atoms with Gasteiger partial charge >= 0.3 is 12.1 Å². The van der Waals surface area contributed by atoms with Gasteiger partial charge in [0.25, 0.3) is 0 Å². The summed E-state index contributed by atoms with van der Waals surface area (Å²) in [4.78, 5) is 0. The summed E-state index contributed by atoms with van der Waals surface area (Å²) in [6, 6.07) is 7.33. The number of rotatable bonds is 4. The van der Waals surface area contributed by atoms with Gasteiger partial charge in [-0.2, -0.15) is 27.2 Å². The molecule has 0 bridgehead atoms. The SMILES string of the molecule is CC(C)(C)[Si](C)(C)OC1C2=C(C(F)(F)F)C(Oc3cccc(C#N)c3)=C=C=C2C1(F)F. The van der Waals surface area contributed by atoms with Gasteiger partial charge in [-0.3, -0.25) is 0 Å². The van der Waals surface area contributed by atoms with Crippen molar-refractivity contribution >= 4 is 8.32 Å². The van der Waals surface area contributed by atoms with Crippen molar-refractivity contribution in [2.24, 2.45) is 0 Å². The van der Waals surface area contributed by atoms with Crippen molar-refractivity contribution in [3.8, 4) is 11.8 Å². The molecule has 3 nitrogen and oxygen atoms in total. The number of nitriles is 1. The minimum Gasteiger partial charge on any atom is -0.448 e. The van der Waals surface area contributed by atoms with Crippen molar-refractivity contribution in [2.75, 3.05) is 0 Å². The van der Waals surface area contributed by atoms with Gasteiger partial charge < -0.3 is 9.16 Å². The molecule has 1 atom stereocenters. The summed E-state index contributed by atoms with van der Waals surface area (Å²) in [5.41, 5.74) is 1.46. The maximum absolute atomic E-state index is 14.7. The Morgan fingerprint density at radius 1 is 1.13 bits per heavy atom. The minimum atomic E-state index is -5.00. The van der Waals surface area contributed by atoms with Crippen LogP contribution in [0, 0.1) is 11.3 Å². The molecule has 164 valence electrons. The lowest BCUT2D eigenvalue weighted by Crippen LogP contribution is -2.58. The Labute approximate surface area is 177 Å². The predicted octanol–water partition coefficient (Wildman–Crippen LogP) is 6.41. The number of ether oxygens (including phenoxy) is 1. The van der Waals surface area contributed by atoms with Crippen molar-refractivity contribution in [3.05, 3.63) is 63.8 Å². The Morgan fingerprint density at radius 2 is 1.77 bits per heavy atom. The number of hydrogen-bond donors (Lipinski definition) is 0. The standard InChI is InChI=1S/C22H20F5NO2Si/c1-20(2,3)31(4,5)30-19-17-15(21(19,23)24)9-10-16(18(17)22(25,26)27)29-14-8-6-7-13(11-14)12-28/h6-8,11,19H,1-5H3. The van der Waals surface area contributed by atoms with E-state index in [-0.39, 0.29) is 11.3 Å². The van der Waals surface area contributed by atoms with Crippen LogP contribution in [0.5, 0.6) is 5.75 Å². The zero-order valence-corrected chi connectivity index (χ0v) is 18.5. The van der Waals surface area contributed by atoms with E-state index in [0.717, 1.165) is 0 Å². The molecule has 2 aliphatic carbocycles. The average Bonchev–Trinajstić information content (AvgIpc) is 2.64. The summed E-state index contributed by atoms with van der Waals surface area (Å²) in [5, 5.41) is 8.49. The first-order chi connectivity index (χ1) is 14.1. The van der Waals surface area contributed by atoms with Crippen LogP contribution in [0.4, 0.5) is 22.0 Å². The number of hydrogen-bond acceptors (Lipinski definition) is 3. The molecule has 2 aliphatic rings. The van der Waals surface area contributed by atoms with E-state index in [1.54, 1.807) is 13.1 Å². The van der Waals surface area contributed by atoms with E-state index in [1.165, 1.54) is 24.3 Å². The molecule has 0 heterocycles. The highest BCUT2D eigenvalue weighted by atomic mass is 28.4. The van der Waals surface area contributed by atoms with Crippen LogP contribution >= 0.6 is 0 Å². The van der Waals surface area contributed by atoms with Crippen molar-refractivity contribution in [2.45, 2.75) is 57.1 Å². The molecule has 0 amide bonds. The summed E-state index contributed by atoms with van der Waals surface area (Å²) in [5.74, 6) is -4.47. The van der Waals surface area contributed by atoms with Crippen LogP contribution in [0.1, 0.15) is 26.3 Å². The third-order valence-electron chi connectivity index (χ3n) is 5.68. The topological polar surface area (TPSA) is 42.2 Å². The molecule has 3 rings (SSSR count). The number of nitrogens with zero attached hydrogens (tertiary/aromatic N) is 1. The van der Waals surface area contributed by atoms with Crippen LogP contribution in [0.2, 0.25) is 18.1 Å². The van der Waals surface area contributed by atoms with E-state index in [1.807, 2.05) is 26.8 Å². The number of alkyl halides is 5. The van der Waals surface area contributed by atoms with Gasteiger partial charge in [-0.1, -0.05) is 32.6 Å². The summed E-state index contributed by atoms with van der Waals surface area (Å²) >= 11 is 0. The highest BCUT2D eigenvalue weighted by Crippen LogP contribution is 2.56. The molecule has 1 fully saturated rings. The fraction of sp³-hybridized carbons (Fsp3) is 0.409. The molecule has 31 heavy (non-hydrogen) atoms. The third-order valence-corrected chi connectivity index (χ3v) is 10.1. The molecule has 1 aromatic rings. The van der Waals surface area contributed by atoms with Crippen LogP contribution in [0.15, 0.2) is 58.2 Å². The van der Waals surface area contributed by atoms with E-state index in [0.29, 0.717) is 0 Å². The minimum absolute atomic E-state index is 0.0536. The molecule has 0 radical (unpaired) electrons. The van der Waals surface area contributed by atoms with E-state index >= 15 is 0 Å². The first kappa shape index (κ1) is 23.0. The van der Waals surface area contributed by atoms with E-state index < -0.39 is 54.0 Å². The van der Waals surface area contributed by atoms with Crippen molar-refractivity contribution in [3.63, 3.8) is 0 Å². The molecule has 0 aliphatic heterocycles. The molecule has 0 N–H and O–H groups in total. The van der Waals surface area contributed by atoms with Crippen LogP contribution in [-0.2, 0) is 4.43 Å². The quantitative estimate of drug-likeness (QED) is 0.300. The van der Waals surface area contributed by atoms with Crippen LogP contribution < -0.4 is 4.74 Å². The van der Waals surface area contributed by atoms with Crippen molar-refractivity contribution in [1.82, 2.24) is 0 Å². The number of benzene rings is 1. The van der Waals surface area contributed by atoms with Crippen LogP contribution in [0.3, 0.4) is 0 Å². The van der Waals surface area contributed by atoms with E-state index in [9.17, 15) is 22.0 Å². The predicted molar refractivity (Wildman–Crippen MR) is 106 cm³/mol. The zero-order valence-electron chi connectivity index (χ0n) is 17.5. The maximum Gasteiger partial charge on any atom is 0.421 e. The second-order valence-electron chi connectivity index (χ2n) is 8.86. The Balaban J connectivity index is 2.11. The molecule has 0 saturated heterocycles. The fourth-order valence-corrected chi connectivity index (χ4v) is 4.17. The second kappa shape index (κ2) is 7.22. The monoisotopic (exact) mass is 453 g/mol. The Morgan fingerprint density at radius 3 is 2.32 bits per heavy atom. The highest BCUT2D eigenvalue weighted by Gasteiger charge is 2.65. The van der Waals surface area contributed by atoms with Gasteiger partial charge in [0, 0.05) is 5.57 Å². The van der Waals surface area contributed by atoms with E-state index in [2.05, 4.69) is 11.5 Å². The van der Waals surface area contributed by atoms with Crippen molar-refractivity contribution < 1.29 is 31.1 Å². The molecular formula is C22H20F5NO2Si. The van der Waals surface area contributed by atoms with E-state index in [4.69, 9.17) is 14.4 Å². The van der Waals surface area contributed by atoms with Gasteiger partial charge in [-0.25, -0.2) is 0 Å². The van der Waals surface area contributed by atoms with Crippen molar-refractivity contribution in [1.29, 1.82) is 5.26 Å². The van der Waals surface area contributed by atoms with Gasteiger partial charge in [0.05, 0.1) is 17.2 Å². The lowest BCUT2D eigenvalue weighted by molar-refractivity contribution is -0.109. The molecular weight excluding hydrogens is 433 g/mol. The van der Waals surface area contributed by atoms with Gasteiger partial charge in [-0.05, 0) is 42.1 Å². The highest BCUT2D eigenvalue weighted by molar-refractivity contribution is 6.74. The Kier molecular flexibility index (Phi) is 5.37. The molecule has 9 heteroatoms. The Bertz CT molecular complexity index is 1110. The zero-order chi connectivity index (χ0) is 23.4. The molecule has 1 saturated carbocycles. The largest absolute Gasteiger partial charge is 0.448 e. The number of allylic oxidation sites excluding steroid dienone is 1. The third kappa shape index (κ3) is 4.00. The molecule has 0 spiro atoms. The first-order valence-corrected chi connectivity index (χ1v) is 12.3. The summed E-state index contributed by atoms with van der Waals surface area (Å²) in [7, 11) is -2.83. The molecule has 1 unspecified atom stereocenters. The van der Waals surface area contributed by atoms with Gasteiger partial charge in [0.2, 0.25) is 0 Å². The van der Waals surface area contributed by atoms with Gasteiger partial charge in [-0.15, -0.1) is 0 Å². The van der Waals surface area contributed by atoms with Gasteiger partial charge in [0.1, 0.15) is 17.4 Å². The summed E-state index contributed by atoms with van der Waals surface area (Å²) < 4.78 is 82.5. The lowest BCUT2D eigenvalue weighted by Gasteiger charge is -2.48. The number of fused-ring (bicyclic) bond motifs is 1. The maximum atomic E-state index is 14.7.